The lowest BCUT2D eigenvalue weighted by molar-refractivity contribution is -0.131. The van der Waals surface area contributed by atoms with Crippen LogP contribution in [0.4, 0.5) is 0 Å². The zero-order valence-corrected chi connectivity index (χ0v) is 19.3. The number of nitrogens with zero attached hydrogens (tertiary/aromatic N) is 1. The number of benzene rings is 1. The average Bonchev–Trinajstić information content (AvgIpc) is 3.16. The fourth-order valence-corrected chi connectivity index (χ4v) is 3.84. The number of carbonyl (C=O) groups excluding carboxylic acids is 2. The molecule has 168 valence electrons. The lowest BCUT2D eigenvalue weighted by atomic mass is 9.87. The Bertz CT molecular complexity index is 722. The van der Waals surface area contributed by atoms with Gasteiger partial charge in [0.2, 0.25) is 17.6 Å². The molecule has 1 aliphatic heterocycles. The average molecular weight is 421 g/mol. The van der Waals surface area contributed by atoms with Gasteiger partial charge >= 0.3 is 0 Å². The molecule has 30 heavy (non-hydrogen) atoms. The Morgan fingerprint density at radius 1 is 1.00 bits per heavy atom. The Morgan fingerprint density at radius 2 is 1.60 bits per heavy atom. The van der Waals surface area contributed by atoms with Crippen molar-refractivity contribution in [1.29, 1.82) is 0 Å². The number of hydrogen-bond acceptors (Lipinski definition) is 5. The number of likely N-dealkylation sites (tertiary alicyclic amines) is 1. The molecule has 1 N–H and O–H groups in total. The number of amides is 2. The zero-order chi connectivity index (χ0) is 22.4. The molecule has 7 heteroatoms. The predicted molar refractivity (Wildman–Crippen MR) is 116 cm³/mol. The third-order valence-electron chi connectivity index (χ3n) is 5.39. The first-order valence-electron chi connectivity index (χ1n) is 10.6. The van der Waals surface area contributed by atoms with E-state index in [1.807, 2.05) is 30.9 Å². The van der Waals surface area contributed by atoms with Gasteiger partial charge in [-0.05, 0) is 29.5 Å². The normalized spacial score (nSPS) is 18.6. The molecule has 0 bridgehead atoms. The summed E-state index contributed by atoms with van der Waals surface area (Å²) in [6, 6.07) is 3.76. The topological polar surface area (TPSA) is 77.1 Å². The molecule has 7 nitrogen and oxygen atoms in total. The molecule has 1 heterocycles. The fraction of sp³-hybridized carbons (Fsp3) is 0.652. The molecule has 2 amide bonds. The van der Waals surface area contributed by atoms with Crippen LogP contribution in [-0.2, 0) is 9.59 Å². The SMILES string of the molecule is COc1cc(C2CN(C(=O)CC(C)C)CC2C(=O)NCC(C)C)cc(OC)c1OC. The second kappa shape index (κ2) is 10.5. The molecular weight excluding hydrogens is 384 g/mol. The summed E-state index contributed by atoms with van der Waals surface area (Å²) >= 11 is 0. The molecule has 1 aromatic rings. The quantitative estimate of drug-likeness (QED) is 0.664. The van der Waals surface area contributed by atoms with Crippen LogP contribution in [0.3, 0.4) is 0 Å². The maximum absolute atomic E-state index is 13.0. The van der Waals surface area contributed by atoms with Crippen molar-refractivity contribution in [3.63, 3.8) is 0 Å². The van der Waals surface area contributed by atoms with Crippen LogP contribution in [-0.4, -0.2) is 57.7 Å². The van der Waals surface area contributed by atoms with E-state index >= 15 is 0 Å². The summed E-state index contributed by atoms with van der Waals surface area (Å²) < 4.78 is 16.4. The summed E-state index contributed by atoms with van der Waals surface area (Å²) in [6.07, 6.45) is 0.475. The van der Waals surface area contributed by atoms with Gasteiger partial charge in [0, 0.05) is 32.0 Å². The van der Waals surface area contributed by atoms with Gasteiger partial charge < -0.3 is 24.4 Å². The summed E-state index contributed by atoms with van der Waals surface area (Å²) in [4.78, 5) is 27.6. The van der Waals surface area contributed by atoms with Crippen molar-refractivity contribution in [2.75, 3.05) is 41.0 Å². The lowest BCUT2D eigenvalue weighted by Gasteiger charge is -2.21. The van der Waals surface area contributed by atoms with E-state index in [-0.39, 0.29) is 29.6 Å². The van der Waals surface area contributed by atoms with Gasteiger partial charge in [-0.15, -0.1) is 0 Å². The van der Waals surface area contributed by atoms with Gasteiger partial charge in [-0.3, -0.25) is 9.59 Å². The van der Waals surface area contributed by atoms with Crippen molar-refractivity contribution in [2.24, 2.45) is 17.8 Å². The van der Waals surface area contributed by atoms with E-state index in [2.05, 4.69) is 19.2 Å². The third kappa shape index (κ3) is 5.58. The zero-order valence-electron chi connectivity index (χ0n) is 19.3. The van der Waals surface area contributed by atoms with Gasteiger partial charge in [0.25, 0.3) is 0 Å². The minimum absolute atomic E-state index is 0.0256. The summed E-state index contributed by atoms with van der Waals surface area (Å²) in [5.41, 5.74) is 0.897. The summed E-state index contributed by atoms with van der Waals surface area (Å²) in [6.45, 7) is 9.68. The van der Waals surface area contributed by atoms with Gasteiger partial charge in [0.15, 0.2) is 11.5 Å². The second-order valence-electron chi connectivity index (χ2n) is 8.71. The van der Waals surface area contributed by atoms with Crippen LogP contribution in [0.2, 0.25) is 0 Å². The highest BCUT2D eigenvalue weighted by Gasteiger charge is 2.41. The molecule has 1 fully saturated rings. The molecule has 0 saturated carbocycles. The maximum atomic E-state index is 13.0. The number of rotatable bonds is 9. The van der Waals surface area contributed by atoms with E-state index in [9.17, 15) is 9.59 Å². The van der Waals surface area contributed by atoms with E-state index < -0.39 is 0 Å². The van der Waals surface area contributed by atoms with Crippen LogP contribution in [0.15, 0.2) is 12.1 Å². The number of nitrogens with one attached hydrogen (secondary N) is 1. The molecule has 1 saturated heterocycles. The fourth-order valence-electron chi connectivity index (χ4n) is 3.84. The van der Waals surface area contributed by atoms with E-state index in [0.29, 0.717) is 49.2 Å². The third-order valence-corrected chi connectivity index (χ3v) is 5.39. The molecule has 2 rings (SSSR count). The predicted octanol–water partition coefficient (Wildman–Crippen LogP) is 3.07. The van der Waals surface area contributed by atoms with Crippen LogP contribution in [0.5, 0.6) is 17.2 Å². The highest BCUT2D eigenvalue weighted by atomic mass is 16.5. The summed E-state index contributed by atoms with van der Waals surface area (Å²) in [7, 11) is 4.70. The van der Waals surface area contributed by atoms with Crippen molar-refractivity contribution >= 4 is 11.8 Å². The second-order valence-corrected chi connectivity index (χ2v) is 8.71. The van der Waals surface area contributed by atoms with E-state index in [1.54, 1.807) is 21.3 Å². The number of ether oxygens (including phenoxy) is 3. The van der Waals surface area contributed by atoms with Gasteiger partial charge in [-0.2, -0.15) is 0 Å². The van der Waals surface area contributed by atoms with Crippen molar-refractivity contribution in [3.05, 3.63) is 17.7 Å². The first-order valence-corrected chi connectivity index (χ1v) is 10.6. The standard InChI is InChI=1S/C23H36N2O5/c1-14(2)8-21(26)25-12-17(18(13-25)23(27)24-11-15(3)4)16-9-19(28-5)22(30-7)20(10-16)29-6/h9-10,14-15,17-18H,8,11-13H2,1-7H3,(H,24,27). The molecule has 0 aromatic heterocycles. The maximum Gasteiger partial charge on any atom is 0.225 e. The molecule has 0 spiro atoms. The molecule has 2 atom stereocenters. The molecule has 2 unspecified atom stereocenters. The largest absolute Gasteiger partial charge is 0.493 e. The molecule has 0 aliphatic carbocycles. The Morgan fingerprint density at radius 3 is 2.07 bits per heavy atom. The van der Waals surface area contributed by atoms with Crippen molar-refractivity contribution in [1.82, 2.24) is 10.2 Å². The van der Waals surface area contributed by atoms with Crippen LogP contribution in [0.1, 0.15) is 45.6 Å². The number of carbonyl (C=O) groups is 2. The molecule has 1 aromatic carbocycles. The van der Waals surface area contributed by atoms with Crippen LogP contribution in [0.25, 0.3) is 0 Å². The van der Waals surface area contributed by atoms with Crippen molar-refractivity contribution < 1.29 is 23.8 Å². The van der Waals surface area contributed by atoms with Crippen LogP contribution >= 0.6 is 0 Å². The Labute approximate surface area is 180 Å². The Hall–Kier alpha value is -2.44. The highest BCUT2D eigenvalue weighted by molar-refractivity contribution is 5.83. The van der Waals surface area contributed by atoms with E-state index in [0.717, 1.165) is 5.56 Å². The van der Waals surface area contributed by atoms with Crippen LogP contribution in [0, 0.1) is 17.8 Å². The van der Waals surface area contributed by atoms with Gasteiger partial charge in [-0.25, -0.2) is 0 Å². The first-order chi connectivity index (χ1) is 14.2. The molecular formula is C23H36N2O5. The van der Waals surface area contributed by atoms with Crippen molar-refractivity contribution in [2.45, 2.75) is 40.0 Å². The minimum atomic E-state index is -0.331. The first kappa shape index (κ1) is 23.8. The smallest absolute Gasteiger partial charge is 0.225 e. The minimum Gasteiger partial charge on any atom is -0.493 e. The van der Waals surface area contributed by atoms with E-state index in [4.69, 9.17) is 14.2 Å². The molecule has 0 radical (unpaired) electrons. The van der Waals surface area contributed by atoms with Gasteiger partial charge in [0.05, 0.1) is 27.2 Å². The van der Waals surface area contributed by atoms with Crippen molar-refractivity contribution in [3.8, 4) is 17.2 Å². The number of methoxy groups -OCH3 is 3. The Balaban J connectivity index is 2.39. The monoisotopic (exact) mass is 420 g/mol. The van der Waals surface area contributed by atoms with Gasteiger partial charge in [-0.1, -0.05) is 27.7 Å². The molecule has 1 aliphatic rings. The lowest BCUT2D eigenvalue weighted by Crippen LogP contribution is -2.37. The Kier molecular flexibility index (Phi) is 8.38. The van der Waals surface area contributed by atoms with E-state index in [1.165, 1.54) is 0 Å². The summed E-state index contributed by atoms with van der Waals surface area (Å²) in [5, 5.41) is 3.04. The van der Waals surface area contributed by atoms with Crippen LogP contribution < -0.4 is 19.5 Å². The van der Waals surface area contributed by atoms with Gasteiger partial charge in [0.1, 0.15) is 0 Å². The summed E-state index contributed by atoms with van der Waals surface area (Å²) in [5.74, 6) is 1.80. The number of hydrogen-bond donors (Lipinski definition) is 1. The highest BCUT2D eigenvalue weighted by Crippen LogP contribution is 2.43.